The number of rotatable bonds is 7. The van der Waals surface area contributed by atoms with Crippen LogP contribution in [0.3, 0.4) is 0 Å². The number of hydrogen-bond donors (Lipinski definition) is 1. The minimum atomic E-state index is -0.744. The largest absolute Gasteiger partial charge is 0.389 e. The minimum Gasteiger partial charge on any atom is -0.389 e. The van der Waals surface area contributed by atoms with Crippen LogP contribution in [0.4, 0.5) is 0 Å². The van der Waals surface area contributed by atoms with Gasteiger partial charge >= 0.3 is 0 Å². The highest BCUT2D eigenvalue weighted by Crippen LogP contribution is 2.19. The molecule has 4 nitrogen and oxygen atoms in total. The molecule has 0 aliphatic heterocycles. The molecule has 22 heavy (non-hydrogen) atoms. The van der Waals surface area contributed by atoms with Crippen LogP contribution >= 0.6 is 0 Å². The standard InChI is InChI=1S/C18H26N2O2/c1-5-17-16(14(2)22-19-17)12-20(13-18(3,4)21)11-15-9-7-6-8-10-15/h6-10,21H,5,11-13H2,1-4H3. The Morgan fingerprint density at radius 3 is 2.45 bits per heavy atom. The van der Waals surface area contributed by atoms with E-state index in [-0.39, 0.29) is 0 Å². The molecule has 4 heteroatoms. The maximum Gasteiger partial charge on any atom is 0.138 e. The quantitative estimate of drug-likeness (QED) is 0.852. The summed E-state index contributed by atoms with van der Waals surface area (Å²) >= 11 is 0. The second-order valence-corrected chi connectivity index (χ2v) is 6.46. The smallest absolute Gasteiger partial charge is 0.138 e. The van der Waals surface area contributed by atoms with E-state index in [9.17, 15) is 5.11 Å². The van der Waals surface area contributed by atoms with Crippen LogP contribution in [-0.4, -0.2) is 27.3 Å². The van der Waals surface area contributed by atoms with E-state index >= 15 is 0 Å². The van der Waals surface area contributed by atoms with Gasteiger partial charge in [-0.1, -0.05) is 42.4 Å². The highest BCUT2D eigenvalue weighted by atomic mass is 16.5. The third-order valence-electron chi connectivity index (χ3n) is 3.64. The van der Waals surface area contributed by atoms with Crippen molar-refractivity contribution in [1.82, 2.24) is 10.1 Å². The Labute approximate surface area is 132 Å². The molecule has 1 N–H and O–H groups in total. The average Bonchev–Trinajstić information content (AvgIpc) is 2.79. The van der Waals surface area contributed by atoms with Crippen LogP contribution < -0.4 is 0 Å². The maximum atomic E-state index is 10.2. The first-order valence-electron chi connectivity index (χ1n) is 7.81. The molecule has 0 amide bonds. The van der Waals surface area contributed by atoms with E-state index in [1.54, 1.807) is 0 Å². The number of aryl methyl sites for hydroxylation is 2. The van der Waals surface area contributed by atoms with E-state index in [0.717, 1.165) is 36.5 Å². The normalized spacial score (nSPS) is 12.1. The lowest BCUT2D eigenvalue weighted by Gasteiger charge is -2.29. The second-order valence-electron chi connectivity index (χ2n) is 6.46. The molecule has 1 heterocycles. The second kappa shape index (κ2) is 7.07. The lowest BCUT2D eigenvalue weighted by atomic mass is 10.1. The highest BCUT2D eigenvalue weighted by Gasteiger charge is 2.21. The van der Waals surface area contributed by atoms with Crippen molar-refractivity contribution in [3.63, 3.8) is 0 Å². The molecule has 1 aromatic heterocycles. The first-order valence-corrected chi connectivity index (χ1v) is 7.81. The van der Waals surface area contributed by atoms with E-state index in [4.69, 9.17) is 4.52 Å². The number of aliphatic hydroxyl groups is 1. The molecule has 2 aromatic rings. The summed E-state index contributed by atoms with van der Waals surface area (Å²) in [6.07, 6.45) is 0.856. The van der Waals surface area contributed by atoms with Gasteiger partial charge in [0.15, 0.2) is 0 Å². The Morgan fingerprint density at radius 2 is 1.86 bits per heavy atom. The van der Waals surface area contributed by atoms with Gasteiger partial charge in [-0.15, -0.1) is 0 Å². The summed E-state index contributed by atoms with van der Waals surface area (Å²) in [6.45, 7) is 9.83. The van der Waals surface area contributed by atoms with E-state index in [2.05, 4.69) is 29.1 Å². The summed E-state index contributed by atoms with van der Waals surface area (Å²) in [7, 11) is 0. The summed E-state index contributed by atoms with van der Waals surface area (Å²) in [4.78, 5) is 2.24. The van der Waals surface area contributed by atoms with Gasteiger partial charge in [-0.25, -0.2) is 0 Å². The van der Waals surface area contributed by atoms with Gasteiger partial charge in [-0.05, 0) is 32.8 Å². The molecule has 1 aromatic carbocycles. The Bertz CT molecular complexity index is 585. The molecular formula is C18H26N2O2. The van der Waals surface area contributed by atoms with Crippen LogP contribution in [-0.2, 0) is 19.5 Å². The van der Waals surface area contributed by atoms with Crippen LogP contribution in [0, 0.1) is 6.92 Å². The van der Waals surface area contributed by atoms with Crippen LogP contribution in [0.1, 0.15) is 43.4 Å². The van der Waals surface area contributed by atoms with Gasteiger partial charge < -0.3 is 9.63 Å². The molecule has 0 aliphatic carbocycles. The first kappa shape index (κ1) is 16.7. The number of hydrogen-bond acceptors (Lipinski definition) is 4. The summed E-state index contributed by atoms with van der Waals surface area (Å²) in [5.74, 6) is 0.866. The van der Waals surface area contributed by atoms with Gasteiger partial charge in [0, 0.05) is 25.2 Å². The molecule has 0 atom stereocenters. The molecule has 0 fully saturated rings. The zero-order valence-corrected chi connectivity index (χ0v) is 14.0. The van der Waals surface area contributed by atoms with Crippen molar-refractivity contribution in [1.29, 1.82) is 0 Å². The number of aromatic nitrogens is 1. The SMILES string of the molecule is CCc1noc(C)c1CN(Cc1ccccc1)CC(C)(C)O. The molecule has 0 spiro atoms. The molecule has 0 bridgehead atoms. The van der Waals surface area contributed by atoms with Gasteiger partial charge in [0.25, 0.3) is 0 Å². The van der Waals surface area contributed by atoms with Crippen molar-refractivity contribution in [3.8, 4) is 0 Å². The van der Waals surface area contributed by atoms with E-state index < -0.39 is 5.60 Å². The monoisotopic (exact) mass is 302 g/mol. The highest BCUT2D eigenvalue weighted by molar-refractivity contribution is 5.22. The zero-order chi connectivity index (χ0) is 16.2. The van der Waals surface area contributed by atoms with Crippen molar-refractivity contribution < 1.29 is 9.63 Å². The van der Waals surface area contributed by atoms with Crippen LogP contribution in [0.5, 0.6) is 0 Å². The third kappa shape index (κ3) is 4.68. The summed E-state index contributed by atoms with van der Waals surface area (Å²) in [6, 6.07) is 10.3. The predicted molar refractivity (Wildman–Crippen MR) is 87.5 cm³/mol. The molecule has 0 saturated heterocycles. The van der Waals surface area contributed by atoms with E-state index in [0.29, 0.717) is 6.54 Å². The van der Waals surface area contributed by atoms with Crippen molar-refractivity contribution in [2.75, 3.05) is 6.54 Å². The van der Waals surface area contributed by atoms with E-state index in [1.165, 1.54) is 5.56 Å². The van der Waals surface area contributed by atoms with Crippen LogP contribution in [0.15, 0.2) is 34.9 Å². The molecule has 2 rings (SSSR count). The van der Waals surface area contributed by atoms with Crippen molar-refractivity contribution in [2.24, 2.45) is 0 Å². The Kier molecular flexibility index (Phi) is 5.37. The third-order valence-corrected chi connectivity index (χ3v) is 3.64. The molecule has 0 unspecified atom stereocenters. The lowest BCUT2D eigenvalue weighted by molar-refractivity contribution is 0.0304. The Hall–Kier alpha value is -1.65. The molecular weight excluding hydrogens is 276 g/mol. The van der Waals surface area contributed by atoms with Crippen molar-refractivity contribution in [3.05, 3.63) is 52.9 Å². The van der Waals surface area contributed by atoms with Crippen LogP contribution in [0.25, 0.3) is 0 Å². The van der Waals surface area contributed by atoms with Crippen molar-refractivity contribution in [2.45, 2.75) is 52.8 Å². The van der Waals surface area contributed by atoms with Gasteiger partial charge in [-0.2, -0.15) is 0 Å². The van der Waals surface area contributed by atoms with Gasteiger partial charge in [-0.3, -0.25) is 4.90 Å². The lowest BCUT2D eigenvalue weighted by Crippen LogP contribution is -2.38. The summed E-state index contributed by atoms with van der Waals surface area (Å²) < 4.78 is 5.33. The van der Waals surface area contributed by atoms with Gasteiger partial charge in [0.1, 0.15) is 5.76 Å². The molecule has 0 saturated carbocycles. The first-order chi connectivity index (χ1) is 10.4. The molecule has 120 valence electrons. The van der Waals surface area contributed by atoms with Crippen molar-refractivity contribution >= 4 is 0 Å². The number of nitrogens with zero attached hydrogens (tertiary/aromatic N) is 2. The fraction of sp³-hybridized carbons (Fsp3) is 0.500. The summed E-state index contributed by atoms with van der Waals surface area (Å²) in [5.41, 5.74) is 2.64. The van der Waals surface area contributed by atoms with Gasteiger partial charge in [0.05, 0.1) is 11.3 Å². The Balaban J connectivity index is 2.19. The van der Waals surface area contributed by atoms with Gasteiger partial charge in [0.2, 0.25) is 0 Å². The maximum absolute atomic E-state index is 10.2. The zero-order valence-electron chi connectivity index (χ0n) is 14.0. The average molecular weight is 302 g/mol. The fourth-order valence-corrected chi connectivity index (χ4v) is 2.70. The minimum absolute atomic E-state index is 0.593. The topological polar surface area (TPSA) is 49.5 Å². The molecule has 0 radical (unpaired) electrons. The number of benzene rings is 1. The Morgan fingerprint density at radius 1 is 1.18 bits per heavy atom. The predicted octanol–water partition coefficient (Wildman–Crippen LogP) is 3.32. The summed E-state index contributed by atoms with van der Waals surface area (Å²) in [5, 5.41) is 14.3. The van der Waals surface area contributed by atoms with E-state index in [1.807, 2.05) is 39.0 Å². The molecule has 0 aliphatic rings. The fourth-order valence-electron chi connectivity index (χ4n) is 2.70. The van der Waals surface area contributed by atoms with Crippen LogP contribution in [0.2, 0.25) is 0 Å².